The van der Waals surface area contributed by atoms with Crippen LogP contribution in [0.25, 0.3) is 6.08 Å². The molecule has 5 nitrogen and oxygen atoms in total. The van der Waals surface area contributed by atoms with Gasteiger partial charge in [-0.25, -0.2) is 0 Å². The van der Waals surface area contributed by atoms with Gasteiger partial charge in [0.2, 0.25) is 0 Å². The van der Waals surface area contributed by atoms with Crippen LogP contribution in [0.3, 0.4) is 0 Å². The van der Waals surface area contributed by atoms with Crippen molar-refractivity contribution in [1.29, 1.82) is 5.26 Å². The topological polar surface area (TPSA) is 71.3 Å². The zero-order valence-electron chi connectivity index (χ0n) is 17.3. The van der Waals surface area contributed by atoms with Crippen molar-refractivity contribution in [3.63, 3.8) is 0 Å². The molecule has 0 fully saturated rings. The smallest absolute Gasteiger partial charge is 0.266 e. The van der Waals surface area contributed by atoms with E-state index >= 15 is 0 Å². The van der Waals surface area contributed by atoms with E-state index in [1.807, 2.05) is 19.1 Å². The maximum absolute atomic E-state index is 12.5. The van der Waals surface area contributed by atoms with Gasteiger partial charge in [0.1, 0.15) is 18.2 Å². The summed E-state index contributed by atoms with van der Waals surface area (Å²) in [5.41, 5.74) is 1.87. The Labute approximate surface area is 196 Å². The first-order chi connectivity index (χ1) is 15.5. The van der Waals surface area contributed by atoms with Gasteiger partial charge in [-0.15, -0.1) is 0 Å². The molecule has 3 aromatic rings. The van der Waals surface area contributed by atoms with Crippen LogP contribution >= 0.6 is 23.2 Å². The molecule has 0 aliphatic carbocycles. The average molecular weight is 467 g/mol. The predicted octanol–water partition coefficient (Wildman–Crippen LogP) is 6.52. The molecule has 0 heterocycles. The molecule has 1 amide bonds. The third-order valence-electron chi connectivity index (χ3n) is 4.41. The Hall–Kier alpha value is -3.46. The van der Waals surface area contributed by atoms with Crippen molar-refractivity contribution in [2.24, 2.45) is 0 Å². The zero-order valence-corrected chi connectivity index (χ0v) is 18.8. The number of carbonyl (C=O) groups is 1. The van der Waals surface area contributed by atoms with Gasteiger partial charge >= 0.3 is 0 Å². The monoisotopic (exact) mass is 466 g/mol. The largest absolute Gasteiger partial charge is 0.490 e. The van der Waals surface area contributed by atoms with Gasteiger partial charge < -0.3 is 14.8 Å². The third-order valence-corrected chi connectivity index (χ3v) is 5.12. The number of nitriles is 1. The quantitative estimate of drug-likeness (QED) is 0.303. The molecule has 3 aromatic carbocycles. The number of hydrogen-bond acceptors (Lipinski definition) is 4. The van der Waals surface area contributed by atoms with Crippen molar-refractivity contribution < 1.29 is 14.3 Å². The van der Waals surface area contributed by atoms with E-state index in [0.717, 1.165) is 0 Å². The fourth-order valence-electron chi connectivity index (χ4n) is 2.86. The number of ether oxygens (including phenoxy) is 2. The van der Waals surface area contributed by atoms with Crippen LogP contribution in [0.5, 0.6) is 11.5 Å². The maximum atomic E-state index is 12.5. The highest BCUT2D eigenvalue weighted by molar-refractivity contribution is 6.35. The van der Waals surface area contributed by atoms with E-state index in [-0.39, 0.29) is 12.2 Å². The number of nitrogens with one attached hydrogen (secondary N) is 1. The van der Waals surface area contributed by atoms with Crippen LogP contribution in [0, 0.1) is 11.3 Å². The summed E-state index contributed by atoms with van der Waals surface area (Å²) in [6.45, 7) is 2.43. The molecule has 0 bridgehead atoms. The van der Waals surface area contributed by atoms with Crippen LogP contribution in [0.4, 0.5) is 5.69 Å². The summed E-state index contributed by atoms with van der Waals surface area (Å²) in [6.07, 6.45) is 1.50. The maximum Gasteiger partial charge on any atom is 0.266 e. The summed E-state index contributed by atoms with van der Waals surface area (Å²) in [5.74, 6) is 0.475. The van der Waals surface area contributed by atoms with Crippen molar-refractivity contribution in [2.45, 2.75) is 13.5 Å². The molecule has 0 radical (unpaired) electrons. The van der Waals surface area contributed by atoms with E-state index in [9.17, 15) is 10.1 Å². The zero-order chi connectivity index (χ0) is 22.9. The van der Waals surface area contributed by atoms with E-state index in [1.165, 1.54) is 6.08 Å². The van der Waals surface area contributed by atoms with E-state index in [0.29, 0.717) is 45.0 Å². The van der Waals surface area contributed by atoms with Gasteiger partial charge in [0.15, 0.2) is 11.5 Å². The van der Waals surface area contributed by atoms with Crippen molar-refractivity contribution >= 4 is 40.9 Å². The van der Waals surface area contributed by atoms with Crippen molar-refractivity contribution in [1.82, 2.24) is 0 Å². The van der Waals surface area contributed by atoms with E-state index in [4.69, 9.17) is 32.7 Å². The van der Waals surface area contributed by atoms with E-state index in [1.54, 1.807) is 60.7 Å². The summed E-state index contributed by atoms with van der Waals surface area (Å²) in [7, 11) is 0. The second-order valence-electron chi connectivity index (χ2n) is 6.62. The Bertz CT molecular complexity index is 1150. The number of hydrogen-bond donors (Lipinski definition) is 1. The molecule has 0 aliphatic rings. The lowest BCUT2D eigenvalue weighted by molar-refractivity contribution is -0.112. The van der Waals surface area contributed by atoms with Gasteiger partial charge in [-0.1, -0.05) is 53.5 Å². The number of amides is 1. The molecular formula is C25H20Cl2N2O3. The Kier molecular flexibility index (Phi) is 8.15. The van der Waals surface area contributed by atoms with Gasteiger partial charge in [0.05, 0.1) is 6.61 Å². The molecule has 162 valence electrons. The molecule has 0 unspecified atom stereocenters. The molecular weight excluding hydrogens is 447 g/mol. The lowest BCUT2D eigenvalue weighted by Gasteiger charge is -2.14. The van der Waals surface area contributed by atoms with Crippen LogP contribution < -0.4 is 14.8 Å². The summed E-state index contributed by atoms with van der Waals surface area (Å²) in [5, 5.41) is 13.2. The van der Waals surface area contributed by atoms with Crippen molar-refractivity contribution in [2.75, 3.05) is 11.9 Å². The highest BCUT2D eigenvalue weighted by atomic mass is 35.5. The van der Waals surface area contributed by atoms with Gasteiger partial charge in [-0.05, 0) is 55.0 Å². The Morgan fingerprint density at radius 3 is 2.38 bits per heavy atom. The first-order valence-corrected chi connectivity index (χ1v) is 10.6. The number of anilines is 1. The number of nitrogens with zero attached hydrogens (tertiary/aromatic N) is 1. The molecule has 0 saturated heterocycles. The van der Waals surface area contributed by atoms with Gasteiger partial charge in [-0.3, -0.25) is 4.79 Å². The van der Waals surface area contributed by atoms with Crippen LogP contribution in [0.1, 0.15) is 18.1 Å². The van der Waals surface area contributed by atoms with Gasteiger partial charge in [-0.2, -0.15) is 5.26 Å². The normalized spacial score (nSPS) is 10.9. The number of carbonyl (C=O) groups excluding carboxylic acids is 1. The minimum absolute atomic E-state index is 0.0344. The van der Waals surface area contributed by atoms with E-state index in [2.05, 4.69) is 5.32 Å². The highest BCUT2D eigenvalue weighted by Crippen LogP contribution is 2.32. The third kappa shape index (κ3) is 6.04. The minimum atomic E-state index is -0.495. The van der Waals surface area contributed by atoms with Gasteiger partial charge in [0.25, 0.3) is 5.91 Å². The van der Waals surface area contributed by atoms with Gasteiger partial charge in [0, 0.05) is 21.3 Å². The summed E-state index contributed by atoms with van der Waals surface area (Å²) < 4.78 is 11.6. The van der Waals surface area contributed by atoms with Crippen molar-refractivity contribution in [3.8, 4) is 17.6 Å². The van der Waals surface area contributed by atoms with Crippen molar-refractivity contribution in [3.05, 3.63) is 93.5 Å². The van der Waals surface area contributed by atoms with Crippen LogP contribution in [-0.2, 0) is 11.4 Å². The number of benzene rings is 3. The second kappa shape index (κ2) is 11.2. The Morgan fingerprint density at radius 1 is 1.00 bits per heavy atom. The van der Waals surface area contributed by atoms with Crippen LogP contribution in [-0.4, -0.2) is 12.5 Å². The molecule has 7 heteroatoms. The van der Waals surface area contributed by atoms with E-state index < -0.39 is 5.91 Å². The minimum Gasteiger partial charge on any atom is -0.490 e. The fourth-order valence-corrected chi connectivity index (χ4v) is 3.36. The molecule has 0 saturated carbocycles. The number of halogens is 2. The number of para-hydroxylation sites is 1. The average Bonchev–Trinajstić information content (AvgIpc) is 2.79. The molecule has 0 aromatic heterocycles. The first kappa shape index (κ1) is 23.2. The molecule has 32 heavy (non-hydrogen) atoms. The standard InChI is InChI=1S/C25H20Cl2N2O3/c1-2-31-24-14-17(13-18(15-28)25(30)29-19-7-4-3-5-8-19)11-12-23(24)32-16-20-21(26)9-6-10-22(20)27/h3-14H,2,16H2,1H3,(H,29,30)/b18-13-. The predicted molar refractivity (Wildman–Crippen MR) is 127 cm³/mol. The lowest BCUT2D eigenvalue weighted by Crippen LogP contribution is -2.13. The first-order valence-electron chi connectivity index (χ1n) is 9.82. The number of rotatable bonds is 8. The molecule has 0 spiro atoms. The SMILES string of the molecule is CCOc1cc(/C=C(/C#N)C(=O)Nc2ccccc2)ccc1OCc1c(Cl)cccc1Cl. The van der Waals surface area contributed by atoms with Crippen LogP contribution in [0.15, 0.2) is 72.3 Å². The summed E-state index contributed by atoms with van der Waals surface area (Å²) in [6, 6.07) is 21.3. The molecule has 0 aliphatic heterocycles. The second-order valence-corrected chi connectivity index (χ2v) is 7.43. The van der Waals surface area contributed by atoms with Crippen LogP contribution in [0.2, 0.25) is 10.0 Å². The molecule has 1 N–H and O–H groups in total. The highest BCUT2D eigenvalue weighted by Gasteiger charge is 2.13. The lowest BCUT2D eigenvalue weighted by atomic mass is 10.1. The summed E-state index contributed by atoms with van der Waals surface area (Å²) >= 11 is 12.4. The Balaban J connectivity index is 1.81. The molecule has 3 rings (SSSR count). The molecule has 0 atom stereocenters. The fraction of sp³-hybridized carbons (Fsp3) is 0.120. The summed E-state index contributed by atoms with van der Waals surface area (Å²) in [4.78, 5) is 12.5. The Morgan fingerprint density at radius 2 is 1.72 bits per heavy atom.